The van der Waals surface area contributed by atoms with Crippen molar-refractivity contribution in [2.75, 3.05) is 34.6 Å². The van der Waals surface area contributed by atoms with Crippen LogP contribution in [0, 0.1) is 0 Å². The van der Waals surface area contributed by atoms with Gasteiger partial charge in [0, 0.05) is 11.1 Å². The monoisotopic (exact) mass is 462 g/mol. The van der Waals surface area contributed by atoms with Crippen molar-refractivity contribution >= 4 is 11.7 Å². The Morgan fingerprint density at radius 3 is 2.06 bits per heavy atom. The first kappa shape index (κ1) is 23.3. The molecule has 1 heterocycles. The second kappa shape index (κ2) is 9.97. The Bertz CT molecular complexity index is 1170. The highest BCUT2D eigenvalue weighted by atomic mass is 16.7. The number of likely N-dealkylation sites (N-methyl/N-ethyl adjacent to an activating group) is 1. The summed E-state index contributed by atoms with van der Waals surface area (Å²) in [6.07, 6.45) is 0.195. The largest absolute Gasteiger partial charge is 0.497 e. The number of benzene rings is 3. The average Bonchev–Trinajstić information content (AvgIpc) is 3.32. The van der Waals surface area contributed by atoms with Crippen LogP contribution in [-0.2, 0) is 17.8 Å². The molecule has 1 aliphatic heterocycles. The smallest absolute Gasteiger partial charge is 0.318 e. The molecule has 4 rings (SSSR count). The molecule has 7 nitrogen and oxygen atoms in total. The Labute approximate surface area is 199 Å². The number of quaternary nitrogens is 1. The summed E-state index contributed by atoms with van der Waals surface area (Å²) in [5.74, 6) is 2.54. The van der Waals surface area contributed by atoms with E-state index in [4.69, 9.17) is 18.9 Å². The highest BCUT2D eigenvalue weighted by Crippen LogP contribution is 2.33. The molecule has 0 spiro atoms. The van der Waals surface area contributed by atoms with E-state index in [0.29, 0.717) is 29.4 Å². The van der Waals surface area contributed by atoms with Gasteiger partial charge in [-0.3, -0.25) is 9.28 Å². The van der Waals surface area contributed by atoms with E-state index in [1.54, 1.807) is 45.5 Å². The zero-order valence-corrected chi connectivity index (χ0v) is 19.6. The Balaban J connectivity index is 1.59. The van der Waals surface area contributed by atoms with Crippen molar-refractivity contribution in [3.63, 3.8) is 0 Å². The van der Waals surface area contributed by atoms with Crippen molar-refractivity contribution in [1.82, 2.24) is 0 Å². The molecule has 0 aliphatic carbocycles. The number of fused-ring (bicyclic) bond motifs is 1. The Hall–Kier alpha value is -3.84. The van der Waals surface area contributed by atoms with Gasteiger partial charge in [-0.05, 0) is 60.2 Å². The molecule has 0 saturated carbocycles. The molecule has 3 aromatic carbocycles. The van der Waals surface area contributed by atoms with Crippen LogP contribution < -0.4 is 18.9 Å². The highest BCUT2D eigenvalue weighted by molar-refractivity contribution is 5.98. The molecule has 0 N–H and O–H groups in total. The van der Waals surface area contributed by atoms with E-state index in [1.165, 1.54) is 0 Å². The summed E-state index contributed by atoms with van der Waals surface area (Å²) in [4.78, 5) is 26.8. The van der Waals surface area contributed by atoms with Gasteiger partial charge in [0.25, 0.3) is 0 Å². The predicted molar refractivity (Wildman–Crippen MR) is 126 cm³/mol. The van der Waals surface area contributed by atoms with Crippen LogP contribution in [0.1, 0.15) is 21.5 Å². The summed E-state index contributed by atoms with van der Waals surface area (Å²) in [6.45, 7) is 0.542. The first-order chi connectivity index (χ1) is 16.4. The first-order valence-electron chi connectivity index (χ1n) is 11.0. The number of ether oxygens (including phenoxy) is 4. The number of hydrogen-bond acceptors (Lipinski definition) is 6. The molecule has 34 heavy (non-hydrogen) atoms. The summed E-state index contributed by atoms with van der Waals surface area (Å²) in [5, 5.41) is 0. The molecule has 3 aromatic rings. The predicted octanol–water partition coefficient (Wildman–Crippen LogP) is 4.03. The van der Waals surface area contributed by atoms with Crippen molar-refractivity contribution in [3.8, 4) is 23.0 Å². The van der Waals surface area contributed by atoms with Gasteiger partial charge in [0.2, 0.25) is 12.6 Å². The third kappa shape index (κ3) is 5.21. The first-order valence-corrected chi connectivity index (χ1v) is 11.0. The number of methoxy groups -OCH3 is 2. The minimum absolute atomic E-state index is 0.0236. The fourth-order valence-electron chi connectivity index (χ4n) is 3.97. The molecule has 0 aromatic heterocycles. The molecule has 0 bridgehead atoms. The summed E-state index contributed by atoms with van der Waals surface area (Å²) < 4.78 is 21.2. The number of carbonyl (C=O) groups excluding carboxylic acids is 2. The molecule has 0 radical (unpaired) electrons. The van der Waals surface area contributed by atoms with Crippen LogP contribution in [0.4, 0.5) is 0 Å². The van der Waals surface area contributed by atoms with Crippen LogP contribution in [0.3, 0.4) is 0 Å². The van der Waals surface area contributed by atoms with Crippen molar-refractivity contribution in [1.29, 1.82) is 0 Å². The lowest BCUT2D eigenvalue weighted by atomic mass is 10.1. The number of hydrogen-bond donors (Lipinski definition) is 0. The van der Waals surface area contributed by atoms with Gasteiger partial charge in [0.05, 0.1) is 27.7 Å². The zero-order chi connectivity index (χ0) is 24.1. The fourth-order valence-corrected chi connectivity index (χ4v) is 3.97. The molecule has 0 saturated heterocycles. The van der Waals surface area contributed by atoms with E-state index in [2.05, 4.69) is 0 Å². The molecule has 176 valence electrons. The topological polar surface area (TPSA) is 71.1 Å². The molecule has 1 aliphatic rings. The second-order valence-electron chi connectivity index (χ2n) is 8.47. The van der Waals surface area contributed by atoms with Gasteiger partial charge >= 0.3 is 5.91 Å². The van der Waals surface area contributed by atoms with Gasteiger partial charge in [0.15, 0.2) is 11.5 Å². The van der Waals surface area contributed by atoms with Crippen molar-refractivity contribution in [3.05, 3.63) is 83.4 Å². The lowest BCUT2D eigenvalue weighted by Crippen LogP contribution is -2.52. The number of amides is 1. The summed E-state index contributed by atoms with van der Waals surface area (Å²) >= 11 is 0. The fraction of sp³-hybridized carbons (Fsp3) is 0.259. The molecule has 1 amide bonds. The Kier molecular flexibility index (Phi) is 6.84. The molecule has 0 fully saturated rings. The SMILES string of the molecule is COc1ccc(CC(=O)[N+](C)(CC(=O)c2ccc(OC)cc2)Cc2ccc3c(c2)OCO3)cc1. The van der Waals surface area contributed by atoms with Crippen molar-refractivity contribution in [2.45, 2.75) is 13.0 Å². The third-order valence-electron chi connectivity index (χ3n) is 5.99. The average molecular weight is 463 g/mol. The van der Waals surface area contributed by atoms with Gasteiger partial charge in [-0.1, -0.05) is 12.1 Å². The lowest BCUT2D eigenvalue weighted by Gasteiger charge is -2.31. The van der Waals surface area contributed by atoms with Gasteiger partial charge in [0.1, 0.15) is 24.6 Å². The van der Waals surface area contributed by atoms with E-state index < -0.39 is 0 Å². The normalized spacial score (nSPS) is 13.7. The third-order valence-corrected chi connectivity index (χ3v) is 5.99. The van der Waals surface area contributed by atoms with Crippen molar-refractivity contribution in [2.24, 2.45) is 0 Å². The van der Waals surface area contributed by atoms with E-state index in [0.717, 1.165) is 16.9 Å². The second-order valence-corrected chi connectivity index (χ2v) is 8.47. The number of rotatable bonds is 9. The van der Waals surface area contributed by atoms with Crippen LogP contribution in [0.5, 0.6) is 23.0 Å². The molecular formula is C27H28NO6+. The van der Waals surface area contributed by atoms with Crippen LogP contribution >= 0.6 is 0 Å². The van der Waals surface area contributed by atoms with Crippen molar-refractivity contribution < 1.29 is 33.0 Å². The van der Waals surface area contributed by atoms with Crippen LogP contribution in [0.2, 0.25) is 0 Å². The lowest BCUT2D eigenvalue weighted by molar-refractivity contribution is -0.839. The summed E-state index contributed by atoms with van der Waals surface area (Å²) in [5.41, 5.74) is 2.28. The molecular weight excluding hydrogens is 434 g/mol. The number of nitrogens with zero attached hydrogens (tertiary/aromatic N) is 1. The number of ketones is 1. The number of carbonyl (C=O) groups is 2. The quantitative estimate of drug-likeness (QED) is 0.353. The van der Waals surface area contributed by atoms with Gasteiger partial charge < -0.3 is 18.9 Å². The van der Waals surface area contributed by atoms with Crippen LogP contribution in [0.25, 0.3) is 0 Å². The Morgan fingerprint density at radius 2 is 1.41 bits per heavy atom. The molecule has 1 atom stereocenters. The maximum atomic E-state index is 13.6. The number of Topliss-reactive ketones (excluding diaryl/α,β-unsaturated/α-hetero) is 1. The van der Waals surface area contributed by atoms with E-state index in [-0.39, 0.29) is 35.9 Å². The van der Waals surface area contributed by atoms with Crippen LogP contribution in [0.15, 0.2) is 66.7 Å². The molecule has 1 unspecified atom stereocenters. The molecule has 7 heteroatoms. The van der Waals surface area contributed by atoms with Gasteiger partial charge in [-0.2, -0.15) is 0 Å². The minimum Gasteiger partial charge on any atom is -0.497 e. The van der Waals surface area contributed by atoms with E-state index in [1.807, 2.05) is 42.5 Å². The van der Waals surface area contributed by atoms with Crippen LogP contribution in [-0.4, -0.2) is 50.8 Å². The summed E-state index contributed by atoms with van der Waals surface area (Å²) in [7, 11) is 4.98. The highest BCUT2D eigenvalue weighted by Gasteiger charge is 2.35. The maximum absolute atomic E-state index is 13.6. The maximum Gasteiger partial charge on any atom is 0.318 e. The standard InChI is InChI=1S/C27H28NO6/c1-28(16-20-6-13-25-26(14-20)34-18-33-25,17-24(29)21-7-11-23(32-3)12-8-21)27(30)15-19-4-9-22(31-2)10-5-19/h4-14H,15-18H2,1-3H3/q+1. The van der Waals surface area contributed by atoms with Gasteiger partial charge in [-0.25, -0.2) is 4.79 Å². The van der Waals surface area contributed by atoms with E-state index in [9.17, 15) is 9.59 Å². The summed E-state index contributed by atoms with van der Waals surface area (Å²) in [6, 6.07) is 19.9. The zero-order valence-electron chi connectivity index (χ0n) is 19.6. The Morgan fingerprint density at radius 1 is 0.824 bits per heavy atom. The minimum atomic E-state index is -0.117. The van der Waals surface area contributed by atoms with E-state index >= 15 is 0 Å². The van der Waals surface area contributed by atoms with Gasteiger partial charge in [-0.15, -0.1) is 0 Å².